The minimum Gasteiger partial charge on any atom is -0.267 e. The van der Waals surface area contributed by atoms with Crippen molar-refractivity contribution in [3.05, 3.63) is 35.8 Å². The largest absolute Gasteiger partial charge is 0.417 e. The summed E-state index contributed by atoms with van der Waals surface area (Å²) < 4.78 is 39.7. The smallest absolute Gasteiger partial charge is 0.267 e. The van der Waals surface area contributed by atoms with E-state index in [1.807, 2.05) is 20.8 Å². The molecule has 19 heavy (non-hydrogen) atoms. The van der Waals surface area contributed by atoms with Crippen LogP contribution in [0.1, 0.15) is 31.1 Å². The van der Waals surface area contributed by atoms with Crippen LogP contribution in [0.15, 0.2) is 24.5 Å². The summed E-state index contributed by atoms with van der Waals surface area (Å²) in [5, 5.41) is 4.31. The first-order chi connectivity index (χ1) is 8.79. The molecule has 0 aliphatic rings. The highest BCUT2D eigenvalue weighted by atomic mass is 19.4. The van der Waals surface area contributed by atoms with Gasteiger partial charge in [-0.25, -0.2) is 0 Å². The first-order valence-electron chi connectivity index (χ1n) is 5.88. The van der Waals surface area contributed by atoms with E-state index < -0.39 is 11.7 Å². The molecule has 0 radical (unpaired) electrons. The average Bonchev–Trinajstić information content (AvgIpc) is 2.70. The first-order valence-corrected chi connectivity index (χ1v) is 5.88. The molecule has 2 heterocycles. The average molecular weight is 269 g/mol. The number of hydrogen-bond donors (Lipinski definition) is 0. The summed E-state index contributed by atoms with van der Waals surface area (Å²) in [5.41, 5.74) is 1.02. The van der Waals surface area contributed by atoms with Gasteiger partial charge in [-0.15, -0.1) is 0 Å². The van der Waals surface area contributed by atoms with E-state index in [2.05, 4.69) is 10.1 Å². The third-order valence-corrected chi connectivity index (χ3v) is 2.77. The van der Waals surface area contributed by atoms with Gasteiger partial charge in [-0.1, -0.05) is 0 Å². The molecule has 2 rings (SSSR count). The topological polar surface area (TPSA) is 30.7 Å². The van der Waals surface area contributed by atoms with E-state index in [4.69, 9.17) is 0 Å². The van der Waals surface area contributed by atoms with Gasteiger partial charge >= 0.3 is 6.18 Å². The van der Waals surface area contributed by atoms with E-state index in [0.717, 1.165) is 18.0 Å². The molecule has 0 aliphatic heterocycles. The summed E-state index contributed by atoms with van der Waals surface area (Å²) >= 11 is 0. The number of halogens is 3. The van der Waals surface area contributed by atoms with E-state index in [-0.39, 0.29) is 6.04 Å². The van der Waals surface area contributed by atoms with Crippen LogP contribution in [0.4, 0.5) is 13.2 Å². The minimum atomic E-state index is -4.39. The van der Waals surface area contributed by atoms with Gasteiger partial charge < -0.3 is 0 Å². The molecule has 102 valence electrons. The van der Waals surface area contributed by atoms with E-state index in [9.17, 15) is 13.2 Å². The van der Waals surface area contributed by atoms with Crippen LogP contribution in [0.25, 0.3) is 11.3 Å². The second-order valence-corrected chi connectivity index (χ2v) is 4.67. The maximum Gasteiger partial charge on any atom is 0.417 e. The molecule has 0 saturated heterocycles. The predicted octanol–water partition coefficient (Wildman–Crippen LogP) is 3.85. The van der Waals surface area contributed by atoms with E-state index in [1.54, 1.807) is 10.7 Å². The number of nitrogens with zero attached hydrogens (tertiary/aromatic N) is 3. The van der Waals surface area contributed by atoms with Crippen LogP contribution in [0.5, 0.6) is 0 Å². The Bertz CT molecular complexity index is 585. The number of aryl methyl sites for hydroxylation is 1. The van der Waals surface area contributed by atoms with Crippen molar-refractivity contribution < 1.29 is 13.2 Å². The standard InChI is InChI=1S/C13H14F3N3/c1-8(2)19-9(3)4-12(18-19)10-5-11(7-17-6-10)13(14,15)16/h4-8H,1-3H3. The lowest BCUT2D eigenvalue weighted by Gasteiger charge is -2.08. The van der Waals surface area contributed by atoms with Crippen LogP contribution in [0.2, 0.25) is 0 Å². The Balaban J connectivity index is 2.45. The first kappa shape index (κ1) is 13.6. The maximum absolute atomic E-state index is 12.6. The molecule has 0 spiro atoms. The molecule has 3 nitrogen and oxygen atoms in total. The van der Waals surface area contributed by atoms with E-state index in [0.29, 0.717) is 11.3 Å². The van der Waals surface area contributed by atoms with Gasteiger partial charge in [0.2, 0.25) is 0 Å². The van der Waals surface area contributed by atoms with Crippen molar-refractivity contribution in [2.24, 2.45) is 0 Å². The Morgan fingerprint density at radius 2 is 1.84 bits per heavy atom. The third-order valence-electron chi connectivity index (χ3n) is 2.77. The molecule has 0 fully saturated rings. The molecule has 6 heteroatoms. The molecule has 0 atom stereocenters. The summed E-state index contributed by atoms with van der Waals surface area (Å²) in [6.07, 6.45) is -2.18. The number of hydrogen-bond acceptors (Lipinski definition) is 2. The van der Waals surface area contributed by atoms with Crippen LogP contribution in [-0.2, 0) is 6.18 Å². The van der Waals surface area contributed by atoms with Crippen LogP contribution < -0.4 is 0 Å². The fourth-order valence-electron chi connectivity index (χ4n) is 1.89. The van der Waals surface area contributed by atoms with Crippen LogP contribution in [0.3, 0.4) is 0 Å². The van der Waals surface area contributed by atoms with Crippen molar-refractivity contribution >= 4 is 0 Å². The lowest BCUT2D eigenvalue weighted by atomic mass is 10.1. The number of pyridine rings is 1. The lowest BCUT2D eigenvalue weighted by molar-refractivity contribution is -0.137. The van der Waals surface area contributed by atoms with Crippen molar-refractivity contribution in [2.75, 3.05) is 0 Å². The fourth-order valence-corrected chi connectivity index (χ4v) is 1.89. The van der Waals surface area contributed by atoms with Gasteiger partial charge in [0.1, 0.15) is 0 Å². The Morgan fingerprint density at radius 3 is 2.37 bits per heavy atom. The van der Waals surface area contributed by atoms with Crippen molar-refractivity contribution in [3.8, 4) is 11.3 Å². The zero-order chi connectivity index (χ0) is 14.2. The van der Waals surface area contributed by atoms with Gasteiger partial charge in [-0.2, -0.15) is 18.3 Å². The molecule has 0 aromatic carbocycles. The third kappa shape index (κ3) is 2.77. The number of aromatic nitrogens is 3. The Labute approximate surface area is 109 Å². The lowest BCUT2D eigenvalue weighted by Crippen LogP contribution is -2.06. The summed E-state index contributed by atoms with van der Waals surface area (Å²) in [6.45, 7) is 5.81. The molecule has 0 saturated carbocycles. The Kier molecular flexibility index (Phi) is 3.34. The van der Waals surface area contributed by atoms with Crippen LogP contribution in [0, 0.1) is 6.92 Å². The van der Waals surface area contributed by atoms with Gasteiger partial charge in [-0.05, 0) is 32.9 Å². The summed E-state index contributed by atoms with van der Waals surface area (Å²) in [5.74, 6) is 0. The molecular weight excluding hydrogens is 255 g/mol. The van der Waals surface area contributed by atoms with Gasteiger partial charge in [0.15, 0.2) is 0 Å². The van der Waals surface area contributed by atoms with E-state index >= 15 is 0 Å². The van der Waals surface area contributed by atoms with Gasteiger partial charge in [-0.3, -0.25) is 9.67 Å². The fraction of sp³-hybridized carbons (Fsp3) is 0.385. The number of alkyl halides is 3. The highest BCUT2D eigenvalue weighted by Gasteiger charge is 2.31. The highest BCUT2D eigenvalue weighted by molar-refractivity contribution is 5.59. The Morgan fingerprint density at radius 1 is 1.16 bits per heavy atom. The Hall–Kier alpha value is -1.85. The molecule has 0 N–H and O–H groups in total. The summed E-state index contributed by atoms with van der Waals surface area (Å²) in [7, 11) is 0. The molecule has 2 aromatic rings. The predicted molar refractivity (Wildman–Crippen MR) is 65.6 cm³/mol. The number of rotatable bonds is 2. The molecule has 0 bridgehead atoms. The van der Waals surface area contributed by atoms with Crippen LogP contribution >= 0.6 is 0 Å². The molecular formula is C13H14F3N3. The molecule has 0 aliphatic carbocycles. The van der Waals surface area contributed by atoms with Gasteiger partial charge in [0, 0.05) is 29.7 Å². The van der Waals surface area contributed by atoms with E-state index in [1.165, 1.54) is 6.20 Å². The molecule has 0 amide bonds. The maximum atomic E-state index is 12.6. The second-order valence-electron chi connectivity index (χ2n) is 4.67. The zero-order valence-electron chi connectivity index (χ0n) is 10.9. The van der Waals surface area contributed by atoms with Gasteiger partial charge in [0.05, 0.1) is 11.3 Å². The minimum absolute atomic E-state index is 0.160. The summed E-state index contributed by atoms with van der Waals surface area (Å²) in [4.78, 5) is 3.64. The SMILES string of the molecule is Cc1cc(-c2cncc(C(F)(F)F)c2)nn1C(C)C. The summed E-state index contributed by atoms with van der Waals surface area (Å²) in [6, 6.07) is 2.99. The van der Waals surface area contributed by atoms with Crippen molar-refractivity contribution in [2.45, 2.75) is 33.0 Å². The normalized spacial score (nSPS) is 12.2. The monoisotopic (exact) mass is 269 g/mol. The molecule has 0 unspecified atom stereocenters. The zero-order valence-corrected chi connectivity index (χ0v) is 10.9. The highest BCUT2D eigenvalue weighted by Crippen LogP contribution is 2.31. The quantitative estimate of drug-likeness (QED) is 0.829. The van der Waals surface area contributed by atoms with Crippen LogP contribution in [-0.4, -0.2) is 14.8 Å². The van der Waals surface area contributed by atoms with Crippen molar-refractivity contribution in [1.29, 1.82) is 0 Å². The second kappa shape index (κ2) is 4.68. The van der Waals surface area contributed by atoms with Gasteiger partial charge in [0.25, 0.3) is 0 Å². The molecule has 2 aromatic heterocycles. The van der Waals surface area contributed by atoms with Crippen molar-refractivity contribution in [1.82, 2.24) is 14.8 Å². The van der Waals surface area contributed by atoms with Crippen molar-refractivity contribution in [3.63, 3.8) is 0 Å².